The number of pyridine rings is 1. The van der Waals surface area contributed by atoms with Crippen molar-refractivity contribution in [2.45, 2.75) is 51.6 Å². The Morgan fingerprint density at radius 2 is 2.06 bits per heavy atom. The number of carbonyl (C=O) groups is 3. The highest BCUT2D eigenvalue weighted by atomic mass is 16.8. The summed E-state index contributed by atoms with van der Waals surface area (Å²) in [4.78, 5) is 40.4. The maximum Gasteiger partial charge on any atom is 0.526 e. The van der Waals surface area contributed by atoms with Gasteiger partial charge in [0.1, 0.15) is 17.1 Å². The van der Waals surface area contributed by atoms with E-state index in [0.717, 1.165) is 5.56 Å². The summed E-state index contributed by atoms with van der Waals surface area (Å²) < 4.78 is 20.2. The molecule has 2 aromatic rings. The third-order valence-corrected chi connectivity index (χ3v) is 5.14. The molecule has 9 nitrogen and oxygen atoms in total. The van der Waals surface area contributed by atoms with Crippen LogP contribution in [0.2, 0.25) is 5.82 Å². The van der Waals surface area contributed by atoms with Crippen molar-refractivity contribution in [2.75, 3.05) is 6.61 Å². The molecule has 0 fully saturated rings. The molecule has 1 aromatic heterocycles. The van der Waals surface area contributed by atoms with Crippen molar-refractivity contribution in [2.24, 2.45) is 0 Å². The number of fused-ring (bicyclic) bond motifs is 1. The molecule has 1 aliphatic heterocycles. The summed E-state index contributed by atoms with van der Waals surface area (Å²) in [5, 5.41) is 10.5. The molecule has 10 heteroatoms. The zero-order valence-corrected chi connectivity index (χ0v) is 18.6. The first kappa shape index (κ1) is 24.3. The van der Waals surface area contributed by atoms with Crippen LogP contribution in [0.25, 0.3) is 0 Å². The van der Waals surface area contributed by atoms with E-state index >= 15 is 0 Å². The molecule has 174 valence electrons. The summed E-state index contributed by atoms with van der Waals surface area (Å²) >= 11 is 0. The molecule has 0 spiro atoms. The van der Waals surface area contributed by atoms with Gasteiger partial charge < -0.3 is 23.9 Å². The fraction of sp³-hybridized carbons (Fsp3) is 0.391. The molecule has 1 aliphatic rings. The number of rotatable bonds is 9. The van der Waals surface area contributed by atoms with Crippen LogP contribution < -0.4 is 4.65 Å². The van der Waals surface area contributed by atoms with Crippen LogP contribution in [0, 0.1) is 0 Å². The molecule has 1 N–H and O–H groups in total. The van der Waals surface area contributed by atoms with E-state index in [4.69, 9.17) is 14.1 Å². The van der Waals surface area contributed by atoms with Gasteiger partial charge in [0.2, 0.25) is 6.29 Å². The van der Waals surface area contributed by atoms with Crippen LogP contribution in [0.1, 0.15) is 48.2 Å². The smallest absolute Gasteiger partial charge is 0.526 e. The molecular formula is C23H26BNO8. The van der Waals surface area contributed by atoms with E-state index in [9.17, 15) is 19.4 Å². The van der Waals surface area contributed by atoms with Gasteiger partial charge in [-0.1, -0.05) is 18.2 Å². The number of aromatic nitrogens is 1. The van der Waals surface area contributed by atoms with Crippen LogP contribution in [0.5, 0.6) is 5.75 Å². The lowest BCUT2D eigenvalue weighted by molar-refractivity contribution is -0.119. The zero-order valence-electron chi connectivity index (χ0n) is 18.6. The van der Waals surface area contributed by atoms with Gasteiger partial charge in [0, 0.05) is 38.0 Å². The van der Waals surface area contributed by atoms with Gasteiger partial charge in [0.15, 0.2) is 0 Å². The van der Waals surface area contributed by atoms with Crippen molar-refractivity contribution >= 4 is 25.0 Å². The van der Waals surface area contributed by atoms with Gasteiger partial charge in [-0.15, -0.1) is 0 Å². The fourth-order valence-electron chi connectivity index (χ4n) is 3.57. The molecular weight excluding hydrogens is 429 g/mol. The number of hydrogen-bond acceptors (Lipinski definition) is 9. The van der Waals surface area contributed by atoms with E-state index < -0.39 is 31.4 Å². The van der Waals surface area contributed by atoms with Gasteiger partial charge in [-0.25, -0.2) is 9.59 Å². The van der Waals surface area contributed by atoms with Gasteiger partial charge in [-0.3, -0.25) is 9.78 Å². The van der Waals surface area contributed by atoms with Gasteiger partial charge >= 0.3 is 19.2 Å². The van der Waals surface area contributed by atoms with Crippen molar-refractivity contribution in [3.63, 3.8) is 0 Å². The SMILES string of the molecule is CCOC(=O)OC(C)OC(=O)c1cccc2c1OB(O)[C@@H](CC(=O)CCc1cccnc1)C2. The van der Waals surface area contributed by atoms with E-state index in [1.165, 1.54) is 13.0 Å². The van der Waals surface area contributed by atoms with E-state index in [1.807, 2.05) is 12.1 Å². The molecule has 0 amide bonds. The zero-order chi connectivity index (χ0) is 23.8. The third kappa shape index (κ3) is 6.79. The Kier molecular flexibility index (Phi) is 8.42. The monoisotopic (exact) mass is 455 g/mol. The molecule has 0 radical (unpaired) electrons. The average Bonchev–Trinajstić information content (AvgIpc) is 2.78. The number of carbonyl (C=O) groups excluding carboxylic acids is 3. The second kappa shape index (κ2) is 11.5. The van der Waals surface area contributed by atoms with Gasteiger partial charge in [0.05, 0.1) is 6.61 Å². The van der Waals surface area contributed by atoms with Gasteiger partial charge in [-0.05, 0) is 43.0 Å². The number of ketones is 1. The fourth-order valence-corrected chi connectivity index (χ4v) is 3.57. The van der Waals surface area contributed by atoms with E-state index in [1.54, 1.807) is 31.5 Å². The quantitative estimate of drug-likeness (QED) is 0.345. The Balaban J connectivity index is 1.60. The molecule has 2 atom stereocenters. The summed E-state index contributed by atoms with van der Waals surface area (Å²) in [6, 6.07) is 8.65. The first-order valence-electron chi connectivity index (χ1n) is 10.8. The summed E-state index contributed by atoms with van der Waals surface area (Å²) in [6.07, 6.45) is 2.71. The number of nitrogens with zero attached hydrogens (tertiary/aromatic N) is 1. The molecule has 0 bridgehead atoms. The lowest BCUT2D eigenvalue weighted by Crippen LogP contribution is -2.36. The standard InChI is InChI=1S/C23H26BNO8/c1-3-30-23(28)32-15(2)31-22(27)20-8-4-7-17-12-18(24(29)33-21(17)20)13-19(26)10-9-16-6-5-11-25-14-16/h4-8,11,14-15,18,29H,3,9-10,12-13H2,1-2H3/t15?,18-/m1/s1. The largest absolute Gasteiger partial charge is 0.535 e. The lowest BCUT2D eigenvalue weighted by Gasteiger charge is -2.28. The van der Waals surface area contributed by atoms with Crippen LogP contribution in [-0.2, 0) is 31.8 Å². The molecule has 0 saturated carbocycles. The average molecular weight is 455 g/mol. The van der Waals surface area contributed by atoms with Gasteiger partial charge in [0.25, 0.3) is 0 Å². The van der Waals surface area contributed by atoms with E-state index in [0.29, 0.717) is 24.8 Å². The van der Waals surface area contributed by atoms with Crippen LogP contribution in [0.15, 0.2) is 42.7 Å². The Labute approximate surface area is 192 Å². The Hall–Kier alpha value is -3.40. The van der Waals surface area contributed by atoms with Crippen LogP contribution in [-0.4, -0.2) is 47.9 Å². The minimum atomic E-state index is -1.25. The first-order valence-corrected chi connectivity index (χ1v) is 10.8. The minimum Gasteiger partial charge on any atom is -0.535 e. The topological polar surface area (TPSA) is 121 Å². The molecule has 2 heterocycles. The second-order valence-electron chi connectivity index (χ2n) is 7.64. The van der Waals surface area contributed by atoms with Crippen molar-refractivity contribution in [1.82, 2.24) is 4.98 Å². The van der Waals surface area contributed by atoms with Crippen molar-refractivity contribution in [3.05, 3.63) is 59.4 Å². The second-order valence-corrected chi connectivity index (χ2v) is 7.64. The predicted molar refractivity (Wildman–Crippen MR) is 118 cm³/mol. The number of ether oxygens (including phenoxy) is 3. The number of Topliss-reactive ketones (excluding diaryl/α,β-unsaturated/α-hetero) is 1. The Morgan fingerprint density at radius 1 is 1.24 bits per heavy atom. The van der Waals surface area contributed by atoms with Crippen molar-refractivity contribution in [1.29, 1.82) is 0 Å². The molecule has 0 aliphatic carbocycles. The maximum atomic E-state index is 12.6. The summed E-state index contributed by atoms with van der Waals surface area (Å²) in [6.45, 7) is 3.13. The molecule has 1 unspecified atom stereocenters. The van der Waals surface area contributed by atoms with Gasteiger partial charge in [-0.2, -0.15) is 0 Å². The molecule has 0 saturated heterocycles. The van der Waals surface area contributed by atoms with E-state index in [-0.39, 0.29) is 30.1 Å². The number of para-hydroxylation sites is 1. The van der Waals surface area contributed by atoms with Crippen molar-refractivity contribution < 1.29 is 38.3 Å². The first-order chi connectivity index (χ1) is 15.9. The molecule has 33 heavy (non-hydrogen) atoms. The van der Waals surface area contributed by atoms with E-state index in [2.05, 4.69) is 9.72 Å². The summed E-state index contributed by atoms with van der Waals surface area (Å²) in [5.41, 5.74) is 1.74. The third-order valence-electron chi connectivity index (χ3n) is 5.14. The summed E-state index contributed by atoms with van der Waals surface area (Å²) in [5.74, 6) is -1.01. The maximum absolute atomic E-state index is 12.6. The lowest BCUT2D eigenvalue weighted by atomic mass is 9.64. The number of hydrogen-bond donors (Lipinski definition) is 1. The minimum absolute atomic E-state index is 0.00968. The molecule has 3 rings (SSSR count). The van der Waals surface area contributed by atoms with Crippen molar-refractivity contribution in [3.8, 4) is 5.75 Å². The number of esters is 1. The summed E-state index contributed by atoms with van der Waals surface area (Å²) in [7, 11) is -1.25. The Bertz CT molecular complexity index is 984. The highest BCUT2D eigenvalue weighted by Crippen LogP contribution is 2.36. The normalized spacial score (nSPS) is 15.6. The number of aryl methyl sites for hydroxylation is 1. The Morgan fingerprint density at radius 3 is 2.79 bits per heavy atom. The van der Waals surface area contributed by atoms with Crippen LogP contribution >= 0.6 is 0 Å². The molecule has 1 aromatic carbocycles. The van der Waals surface area contributed by atoms with Crippen LogP contribution in [0.4, 0.5) is 4.79 Å². The highest BCUT2D eigenvalue weighted by molar-refractivity contribution is 6.47. The van der Waals surface area contributed by atoms with Crippen LogP contribution in [0.3, 0.4) is 0 Å². The number of benzene rings is 1. The predicted octanol–water partition coefficient (Wildman–Crippen LogP) is 3.14. The highest BCUT2D eigenvalue weighted by Gasteiger charge is 2.38.